The Morgan fingerprint density at radius 3 is 2.63 bits per heavy atom. The number of esters is 1. The molecule has 7 heteroatoms. The number of aliphatic hydroxyl groups is 1. The van der Waals surface area contributed by atoms with Crippen LogP contribution in [-0.2, 0) is 23.8 Å². The Labute approximate surface area is 160 Å². The van der Waals surface area contributed by atoms with E-state index in [1.807, 2.05) is 0 Å². The van der Waals surface area contributed by atoms with E-state index < -0.39 is 5.97 Å². The molecule has 2 fully saturated rings. The molecule has 2 aliphatic rings. The fourth-order valence-electron chi connectivity index (χ4n) is 4.13. The molecule has 0 bridgehead atoms. The van der Waals surface area contributed by atoms with Crippen LogP contribution in [0.4, 0.5) is 0 Å². The zero-order valence-corrected chi connectivity index (χ0v) is 16.0. The van der Waals surface area contributed by atoms with Gasteiger partial charge in [-0.2, -0.15) is 0 Å². The van der Waals surface area contributed by atoms with Crippen LogP contribution in [0, 0.1) is 11.8 Å². The minimum absolute atomic E-state index is 0.0151. The number of carbonyl (C=O) groups excluding carboxylic acids is 1. The van der Waals surface area contributed by atoms with E-state index >= 15 is 0 Å². The van der Waals surface area contributed by atoms with Crippen molar-refractivity contribution >= 4 is 11.9 Å². The molecule has 7 nitrogen and oxygen atoms in total. The summed E-state index contributed by atoms with van der Waals surface area (Å²) in [4.78, 5) is 22.0. The van der Waals surface area contributed by atoms with E-state index in [4.69, 9.17) is 19.3 Å². The molecule has 1 saturated carbocycles. The lowest BCUT2D eigenvalue weighted by Crippen LogP contribution is -2.33. The van der Waals surface area contributed by atoms with Crippen LogP contribution in [0.15, 0.2) is 12.2 Å². The van der Waals surface area contributed by atoms with Gasteiger partial charge in [0, 0.05) is 44.5 Å². The van der Waals surface area contributed by atoms with Gasteiger partial charge in [-0.3, -0.25) is 4.79 Å². The number of unbranched alkanes of at least 4 members (excludes halogenated alkanes) is 2. The van der Waals surface area contributed by atoms with Crippen molar-refractivity contribution in [1.29, 1.82) is 0 Å². The first-order valence-electron chi connectivity index (χ1n) is 9.96. The molecule has 1 saturated heterocycles. The number of carbonyl (C=O) groups is 2. The monoisotopic (exact) mass is 384 g/mol. The Bertz CT molecular complexity index is 499. The van der Waals surface area contributed by atoms with Gasteiger partial charge < -0.3 is 24.4 Å². The van der Waals surface area contributed by atoms with Gasteiger partial charge in [-0.05, 0) is 38.5 Å². The Kier molecular flexibility index (Phi) is 9.24. The number of carboxylic acids is 1. The van der Waals surface area contributed by atoms with Crippen LogP contribution in [-0.4, -0.2) is 53.9 Å². The Morgan fingerprint density at radius 1 is 1.19 bits per heavy atom. The van der Waals surface area contributed by atoms with Crippen LogP contribution in [0.1, 0.15) is 58.3 Å². The van der Waals surface area contributed by atoms with Crippen LogP contribution >= 0.6 is 0 Å². The van der Waals surface area contributed by atoms with Crippen molar-refractivity contribution < 1.29 is 34.0 Å². The summed E-state index contributed by atoms with van der Waals surface area (Å²) in [6.07, 6.45) is 8.88. The van der Waals surface area contributed by atoms with Gasteiger partial charge in [0.1, 0.15) is 6.10 Å². The van der Waals surface area contributed by atoms with Crippen molar-refractivity contribution in [2.75, 3.05) is 13.2 Å². The molecule has 1 unspecified atom stereocenters. The van der Waals surface area contributed by atoms with E-state index in [0.29, 0.717) is 19.4 Å². The maximum absolute atomic E-state index is 11.5. The summed E-state index contributed by atoms with van der Waals surface area (Å²) in [6, 6.07) is 0. The summed E-state index contributed by atoms with van der Waals surface area (Å²) < 4.78 is 17.3. The largest absolute Gasteiger partial charge is 0.478 e. The predicted molar refractivity (Wildman–Crippen MR) is 97.9 cm³/mol. The number of rotatable bonds is 10. The number of carboxylic acid groups (broad SMARTS) is 1. The van der Waals surface area contributed by atoms with E-state index in [-0.39, 0.29) is 42.9 Å². The Morgan fingerprint density at radius 2 is 2.00 bits per heavy atom. The Balaban J connectivity index is 1.90. The Hall–Kier alpha value is -1.44. The van der Waals surface area contributed by atoms with Crippen LogP contribution in [0.25, 0.3) is 0 Å². The molecule has 5 atom stereocenters. The molecular weight excluding hydrogens is 352 g/mol. The van der Waals surface area contributed by atoms with E-state index in [9.17, 15) is 14.7 Å². The first-order valence-corrected chi connectivity index (χ1v) is 9.96. The minimum Gasteiger partial charge on any atom is -0.478 e. The van der Waals surface area contributed by atoms with Gasteiger partial charge in [-0.1, -0.05) is 12.5 Å². The highest BCUT2D eigenvalue weighted by Gasteiger charge is 2.45. The molecule has 0 amide bonds. The molecule has 0 spiro atoms. The number of aliphatic hydroxyl groups excluding tert-OH is 1. The number of allylic oxidation sites excluding steroid dienone is 1. The predicted octanol–water partition coefficient (Wildman–Crippen LogP) is 2.66. The van der Waals surface area contributed by atoms with Crippen LogP contribution in [0.5, 0.6) is 0 Å². The zero-order valence-electron chi connectivity index (χ0n) is 16.0. The third-order valence-electron chi connectivity index (χ3n) is 5.38. The topological polar surface area (TPSA) is 102 Å². The van der Waals surface area contributed by atoms with Crippen LogP contribution in [0.2, 0.25) is 0 Å². The number of ether oxygens (including phenoxy) is 3. The van der Waals surface area contributed by atoms with Gasteiger partial charge >= 0.3 is 11.9 Å². The highest BCUT2D eigenvalue weighted by Crippen LogP contribution is 2.40. The molecule has 0 radical (unpaired) electrons. The molecule has 0 aromatic heterocycles. The van der Waals surface area contributed by atoms with Crippen molar-refractivity contribution in [2.45, 2.75) is 76.8 Å². The van der Waals surface area contributed by atoms with Gasteiger partial charge in [-0.25, -0.2) is 4.79 Å². The average Bonchev–Trinajstić information content (AvgIpc) is 2.94. The fraction of sp³-hybridized carbons (Fsp3) is 0.800. The lowest BCUT2D eigenvalue weighted by molar-refractivity contribution is -0.198. The zero-order chi connectivity index (χ0) is 19.6. The van der Waals surface area contributed by atoms with Crippen LogP contribution < -0.4 is 0 Å². The summed E-state index contributed by atoms with van der Waals surface area (Å²) in [5, 5.41) is 18.6. The quantitative estimate of drug-likeness (QED) is 0.339. The standard InChI is InChI=1S/C20H32O7/c1-14(22)26-17-12-18(27-20-10-6-7-11-25-20)16(13-21)15(17)8-4-2-3-5-9-19(23)24/h5,9,15-18,20-21H,2-4,6-8,10-13H2,1H3,(H,23,24)/t15-,16+,17+,18-,20?/m1/s1. The summed E-state index contributed by atoms with van der Waals surface area (Å²) in [5.74, 6) is -1.31. The third kappa shape index (κ3) is 7.24. The van der Waals surface area contributed by atoms with Crippen molar-refractivity contribution in [2.24, 2.45) is 11.8 Å². The first kappa shape index (κ1) is 21.9. The highest BCUT2D eigenvalue weighted by molar-refractivity contribution is 5.79. The maximum atomic E-state index is 11.5. The van der Waals surface area contributed by atoms with Crippen molar-refractivity contribution in [1.82, 2.24) is 0 Å². The van der Waals surface area contributed by atoms with Gasteiger partial charge in [0.25, 0.3) is 0 Å². The van der Waals surface area contributed by atoms with Gasteiger partial charge in [-0.15, -0.1) is 0 Å². The molecule has 2 rings (SSSR count). The van der Waals surface area contributed by atoms with E-state index in [0.717, 1.165) is 44.6 Å². The smallest absolute Gasteiger partial charge is 0.327 e. The average molecular weight is 384 g/mol. The highest BCUT2D eigenvalue weighted by atomic mass is 16.7. The van der Waals surface area contributed by atoms with Gasteiger partial charge in [0.2, 0.25) is 0 Å². The van der Waals surface area contributed by atoms with Crippen molar-refractivity contribution in [3.05, 3.63) is 12.2 Å². The van der Waals surface area contributed by atoms with Gasteiger partial charge in [0.15, 0.2) is 6.29 Å². The van der Waals surface area contributed by atoms with E-state index in [2.05, 4.69) is 0 Å². The van der Waals surface area contributed by atoms with Crippen LogP contribution in [0.3, 0.4) is 0 Å². The summed E-state index contributed by atoms with van der Waals surface area (Å²) in [7, 11) is 0. The normalized spacial score (nSPS) is 31.3. The fourth-order valence-corrected chi connectivity index (χ4v) is 4.13. The number of aliphatic carboxylic acids is 1. The van der Waals surface area contributed by atoms with E-state index in [1.54, 1.807) is 6.08 Å². The molecule has 1 heterocycles. The molecular formula is C20H32O7. The SMILES string of the molecule is CC(=O)O[C@H]1C[C@@H](OC2CCCCO2)[C@@H](CO)[C@H]1CCCCC=CC(=O)O. The molecule has 0 aromatic rings. The molecule has 27 heavy (non-hydrogen) atoms. The van der Waals surface area contributed by atoms with E-state index in [1.165, 1.54) is 6.92 Å². The first-order chi connectivity index (χ1) is 13.0. The van der Waals surface area contributed by atoms with Crippen molar-refractivity contribution in [3.63, 3.8) is 0 Å². The number of hydrogen-bond acceptors (Lipinski definition) is 6. The second-order valence-corrected chi connectivity index (χ2v) is 7.39. The molecule has 1 aliphatic heterocycles. The third-order valence-corrected chi connectivity index (χ3v) is 5.38. The van der Waals surface area contributed by atoms with Gasteiger partial charge in [0.05, 0.1) is 6.10 Å². The second-order valence-electron chi connectivity index (χ2n) is 7.39. The minimum atomic E-state index is -0.939. The molecule has 154 valence electrons. The summed E-state index contributed by atoms with van der Waals surface area (Å²) in [6.45, 7) is 2.08. The lowest BCUT2D eigenvalue weighted by atomic mass is 9.89. The van der Waals surface area contributed by atoms with Crippen molar-refractivity contribution in [3.8, 4) is 0 Å². The molecule has 2 N–H and O–H groups in total. The second kappa shape index (κ2) is 11.4. The lowest BCUT2D eigenvalue weighted by Gasteiger charge is -2.29. The molecule has 0 aromatic carbocycles. The molecule has 1 aliphatic carbocycles. The number of hydrogen-bond donors (Lipinski definition) is 2. The summed E-state index contributed by atoms with van der Waals surface area (Å²) in [5.41, 5.74) is 0. The summed E-state index contributed by atoms with van der Waals surface area (Å²) >= 11 is 0. The maximum Gasteiger partial charge on any atom is 0.327 e.